The second-order valence-corrected chi connectivity index (χ2v) is 7.08. The van der Waals surface area contributed by atoms with Gasteiger partial charge in [-0.1, -0.05) is 0 Å². The molecule has 1 N–H and O–H groups in total. The molecule has 0 bridgehead atoms. The van der Waals surface area contributed by atoms with Crippen molar-refractivity contribution in [3.8, 4) is 0 Å². The van der Waals surface area contributed by atoms with E-state index in [4.69, 9.17) is 0 Å². The molecule has 1 aliphatic rings. The molecule has 7 heteroatoms. The van der Waals surface area contributed by atoms with E-state index < -0.39 is 0 Å². The molecule has 0 saturated carbocycles. The summed E-state index contributed by atoms with van der Waals surface area (Å²) in [5, 5.41) is 7.73. The van der Waals surface area contributed by atoms with Crippen LogP contribution in [0.2, 0.25) is 0 Å². The van der Waals surface area contributed by atoms with E-state index in [9.17, 15) is 0 Å². The fourth-order valence-corrected chi connectivity index (χ4v) is 3.13. The third kappa shape index (κ3) is 3.45. The summed E-state index contributed by atoms with van der Waals surface area (Å²) < 4.78 is 1.74. The topological polar surface area (TPSA) is 61.6 Å². The quantitative estimate of drug-likeness (QED) is 0.898. The maximum absolute atomic E-state index is 4.22. The molecule has 3 heterocycles. The van der Waals surface area contributed by atoms with E-state index in [-0.39, 0.29) is 5.54 Å². The van der Waals surface area contributed by atoms with Crippen molar-refractivity contribution < 1.29 is 0 Å². The van der Waals surface area contributed by atoms with Gasteiger partial charge in [-0.3, -0.25) is 9.80 Å². The van der Waals surface area contributed by atoms with Crippen LogP contribution in [-0.4, -0.2) is 73.7 Å². The van der Waals surface area contributed by atoms with Gasteiger partial charge in [0.2, 0.25) is 0 Å². The molecule has 23 heavy (non-hydrogen) atoms. The number of fused-ring (bicyclic) bond motifs is 1. The Morgan fingerprint density at radius 2 is 1.91 bits per heavy atom. The van der Waals surface area contributed by atoms with E-state index in [0.717, 1.165) is 38.5 Å². The van der Waals surface area contributed by atoms with Gasteiger partial charge >= 0.3 is 0 Å². The second kappa shape index (κ2) is 6.41. The molecular formula is C16H27N7. The van der Waals surface area contributed by atoms with Gasteiger partial charge < -0.3 is 5.32 Å². The van der Waals surface area contributed by atoms with Crippen LogP contribution in [0.4, 0.5) is 5.82 Å². The highest BCUT2D eigenvalue weighted by atomic mass is 15.4. The van der Waals surface area contributed by atoms with Gasteiger partial charge in [0.15, 0.2) is 0 Å². The van der Waals surface area contributed by atoms with Gasteiger partial charge in [0.1, 0.15) is 12.1 Å². The van der Waals surface area contributed by atoms with Crippen LogP contribution in [0.1, 0.15) is 27.7 Å². The summed E-state index contributed by atoms with van der Waals surface area (Å²) >= 11 is 0. The zero-order chi connectivity index (χ0) is 16.4. The normalized spacial score (nSPS) is 18.0. The minimum atomic E-state index is 0.0826. The Bertz CT molecular complexity index is 641. The fraction of sp³-hybridized carbons (Fsp3) is 0.688. The largest absolute Gasteiger partial charge is 0.368 e. The summed E-state index contributed by atoms with van der Waals surface area (Å²) in [5.41, 5.74) is 0.0826. The monoisotopic (exact) mass is 317 g/mol. The van der Waals surface area contributed by atoms with Gasteiger partial charge in [0.25, 0.3) is 5.78 Å². The minimum absolute atomic E-state index is 0.0826. The van der Waals surface area contributed by atoms with Crippen molar-refractivity contribution in [2.75, 3.05) is 38.0 Å². The van der Waals surface area contributed by atoms with Crippen LogP contribution < -0.4 is 5.32 Å². The van der Waals surface area contributed by atoms with E-state index in [1.165, 1.54) is 6.33 Å². The number of hydrogen-bond acceptors (Lipinski definition) is 6. The molecule has 0 aliphatic carbocycles. The van der Waals surface area contributed by atoms with Crippen molar-refractivity contribution in [2.24, 2.45) is 0 Å². The second-order valence-electron chi connectivity index (χ2n) is 7.08. The first-order valence-electron chi connectivity index (χ1n) is 8.35. The Morgan fingerprint density at radius 3 is 2.61 bits per heavy atom. The lowest BCUT2D eigenvalue weighted by Gasteiger charge is -2.45. The first-order valence-corrected chi connectivity index (χ1v) is 8.35. The molecule has 0 atom stereocenters. The van der Waals surface area contributed by atoms with Crippen molar-refractivity contribution >= 4 is 11.6 Å². The summed E-state index contributed by atoms with van der Waals surface area (Å²) in [6.45, 7) is 14.5. The molecule has 7 nitrogen and oxygen atoms in total. The number of aromatic nitrogens is 4. The molecule has 0 spiro atoms. The number of anilines is 1. The first kappa shape index (κ1) is 16.1. The fourth-order valence-electron chi connectivity index (χ4n) is 3.13. The van der Waals surface area contributed by atoms with Crippen LogP contribution in [-0.2, 0) is 0 Å². The predicted octanol–water partition coefficient (Wildman–Crippen LogP) is 1.34. The number of hydrogen-bond donors (Lipinski definition) is 1. The van der Waals surface area contributed by atoms with E-state index in [0.29, 0.717) is 11.8 Å². The van der Waals surface area contributed by atoms with Crippen molar-refractivity contribution in [1.29, 1.82) is 0 Å². The molecule has 2 aromatic rings. The van der Waals surface area contributed by atoms with Gasteiger partial charge in [-0.15, -0.1) is 0 Å². The van der Waals surface area contributed by atoms with Crippen LogP contribution in [0.5, 0.6) is 0 Å². The third-order valence-corrected chi connectivity index (χ3v) is 4.78. The SMILES string of the molecule is CC(C)N1CCN(C(C)(C)CNc2ccnc3ncnn23)CC1. The zero-order valence-corrected chi connectivity index (χ0v) is 14.5. The minimum Gasteiger partial charge on any atom is -0.368 e. The molecular weight excluding hydrogens is 290 g/mol. The highest BCUT2D eigenvalue weighted by molar-refractivity contribution is 5.42. The molecule has 0 unspecified atom stereocenters. The maximum atomic E-state index is 4.22. The number of nitrogens with one attached hydrogen (secondary N) is 1. The van der Waals surface area contributed by atoms with E-state index in [2.05, 4.69) is 57.9 Å². The highest BCUT2D eigenvalue weighted by Gasteiger charge is 2.30. The Labute approximate surface area is 137 Å². The van der Waals surface area contributed by atoms with E-state index >= 15 is 0 Å². The van der Waals surface area contributed by atoms with Crippen molar-refractivity contribution in [1.82, 2.24) is 29.4 Å². The molecule has 0 radical (unpaired) electrons. The number of nitrogens with zero attached hydrogens (tertiary/aromatic N) is 6. The van der Waals surface area contributed by atoms with Crippen molar-refractivity contribution in [3.05, 3.63) is 18.6 Å². The number of rotatable bonds is 5. The Balaban J connectivity index is 1.62. The Hall–Kier alpha value is -1.73. The summed E-state index contributed by atoms with van der Waals surface area (Å²) in [7, 11) is 0. The lowest BCUT2D eigenvalue weighted by atomic mass is 10.0. The van der Waals surface area contributed by atoms with Gasteiger partial charge in [-0.2, -0.15) is 14.6 Å². The Morgan fingerprint density at radius 1 is 1.17 bits per heavy atom. The number of piperazine rings is 1. The van der Waals surface area contributed by atoms with Gasteiger partial charge in [-0.25, -0.2) is 4.98 Å². The van der Waals surface area contributed by atoms with Crippen LogP contribution in [0.25, 0.3) is 5.78 Å². The molecule has 2 aromatic heterocycles. The summed E-state index contributed by atoms with van der Waals surface area (Å²) in [5.74, 6) is 1.56. The standard InChI is InChI=1S/C16H27N7/c1-13(2)21-7-9-22(10-8-21)16(3,4)11-18-14-5-6-17-15-19-12-20-23(14)15/h5-6,12-13,18H,7-11H2,1-4H3. The molecule has 0 amide bonds. The van der Waals surface area contributed by atoms with E-state index in [1.54, 1.807) is 10.7 Å². The van der Waals surface area contributed by atoms with Crippen LogP contribution in [0.15, 0.2) is 18.6 Å². The predicted molar refractivity (Wildman–Crippen MR) is 91.6 cm³/mol. The van der Waals surface area contributed by atoms with Crippen LogP contribution in [0, 0.1) is 0 Å². The highest BCUT2D eigenvalue weighted by Crippen LogP contribution is 2.19. The average Bonchev–Trinajstić information content (AvgIpc) is 3.02. The maximum Gasteiger partial charge on any atom is 0.254 e. The van der Waals surface area contributed by atoms with Gasteiger partial charge in [-0.05, 0) is 33.8 Å². The molecule has 126 valence electrons. The first-order chi connectivity index (χ1) is 11.0. The summed E-state index contributed by atoms with van der Waals surface area (Å²) in [6, 6.07) is 2.57. The Kier molecular flexibility index (Phi) is 4.50. The molecule has 1 saturated heterocycles. The molecule has 1 aliphatic heterocycles. The lowest BCUT2D eigenvalue weighted by molar-refractivity contribution is 0.0462. The molecule has 3 rings (SSSR count). The molecule has 1 fully saturated rings. The molecule has 0 aromatic carbocycles. The van der Waals surface area contributed by atoms with E-state index in [1.807, 2.05) is 6.07 Å². The van der Waals surface area contributed by atoms with Gasteiger partial charge in [0, 0.05) is 50.5 Å². The average molecular weight is 317 g/mol. The lowest BCUT2D eigenvalue weighted by Crippen LogP contribution is -2.58. The van der Waals surface area contributed by atoms with Crippen molar-refractivity contribution in [2.45, 2.75) is 39.3 Å². The third-order valence-electron chi connectivity index (χ3n) is 4.78. The summed E-state index contributed by atoms with van der Waals surface area (Å²) in [6.07, 6.45) is 3.30. The van der Waals surface area contributed by atoms with Crippen LogP contribution >= 0.6 is 0 Å². The zero-order valence-electron chi connectivity index (χ0n) is 14.5. The summed E-state index contributed by atoms with van der Waals surface area (Å²) in [4.78, 5) is 13.4. The van der Waals surface area contributed by atoms with Gasteiger partial charge in [0.05, 0.1) is 0 Å². The smallest absolute Gasteiger partial charge is 0.254 e. The van der Waals surface area contributed by atoms with Crippen molar-refractivity contribution in [3.63, 3.8) is 0 Å². The van der Waals surface area contributed by atoms with Crippen LogP contribution in [0.3, 0.4) is 0 Å².